The summed E-state index contributed by atoms with van der Waals surface area (Å²) in [5, 5.41) is 12.4. The van der Waals surface area contributed by atoms with Gasteiger partial charge in [-0.05, 0) is 12.5 Å². The zero-order valence-electron chi connectivity index (χ0n) is 10.8. The first-order valence-corrected chi connectivity index (χ1v) is 5.88. The van der Waals surface area contributed by atoms with Crippen LogP contribution in [0.2, 0.25) is 0 Å². The Bertz CT molecular complexity index is 350. The fourth-order valence-corrected chi connectivity index (χ4v) is 1.67. The van der Waals surface area contributed by atoms with Crippen LogP contribution < -0.4 is 11.1 Å². The molecule has 0 saturated heterocycles. The quantitative estimate of drug-likeness (QED) is 0.571. The van der Waals surface area contributed by atoms with Gasteiger partial charge >= 0.3 is 0 Å². The van der Waals surface area contributed by atoms with Gasteiger partial charge in [0.15, 0.2) is 6.19 Å². The second-order valence-corrected chi connectivity index (χ2v) is 4.11. The van der Waals surface area contributed by atoms with Crippen molar-refractivity contribution in [2.45, 2.75) is 19.5 Å². The van der Waals surface area contributed by atoms with Crippen molar-refractivity contribution in [2.24, 2.45) is 5.73 Å². The summed E-state index contributed by atoms with van der Waals surface area (Å²) >= 11 is 0. The van der Waals surface area contributed by atoms with Gasteiger partial charge in [0.1, 0.15) is 0 Å². The van der Waals surface area contributed by atoms with Gasteiger partial charge in [-0.2, -0.15) is 18.8 Å². The Morgan fingerprint density at radius 1 is 1.39 bits per heavy atom. The molecule has 100 valence electrons. The molecule has 18 heavy (non-hydrogen) atoms. The molecule has 0 bridgehead atoms. The van der Waals surface area contributed by atoms with Crippen LogP contribution >= 0.6 is 13.5 Å². The van der Waals surface area contributed by atoms with Crippen molar-refractivity contribution in [3.63, 3.8) is 0 Å². The van der Waals surface area contributed by atoms with Crippen molar-refractivity contribution >= 4 is 13.5 Å². The number of rotatable bonds is 7. The van der Waals surface area contributed by atoms with Gasteiger partial charge in [0, 0.05) is 25.7 Å². The molecule has 1 atom stereocenters. The molecule has 5 heteroatoms. The van der Waals surface area contributed by atoms with Crippen molar-refractivity contribution in [2.75, 3.05) is 19.6 Å². The lowest BCUT2D eigenvalue weighted by atomic mass is 10.2. The smallest absolute Gasteiger partial charge is 0.179 e. The Morgan fingerprint density at radius 2 is 2.06 bits per heavy atom. The Morgan fingerprint density at radius 3 is 2.61 bits per heavy atom. The van der Waals surface area contributed by atoms with E-state index in [0.717, 1.165) is 12.1 Å². The zero-order valence-corrected chi connectivity index (χ0v) is 11.8. The highest BCUT2D eigenvalue weighted by Gasteiger charge is 2.08. The number of nitrogens with two attached hydrogens (primary N) is 1. The second kappa shape index (κ2) is 9.77. The number of nitriles is 1. The summed E-state index contributed by atoms with van der Waals surface area (Å²) in [5.41, 5.74) is 6.58. The van der Waals surface area contributed by atoms with Gasteiger partial charge in [0.25, 0.3) is 0 Å². The Labute approximate surface area is 116 Å². The van der Waals surface area contributed by atoms with E-state index < -0.39 is 0 Å². The van der Waals surface area contributed by atoms with Crippen LogP contribution in [0.5, 0.6) is 0 Å². The van der Waals surface area contributed by atoms with Gasteiger partial charge in [-0.25, -0.2) is 0 Å². The van der Waals surface area contributed by atoms with Gasteiger partial charge < -0.3 is 16.0 Å². The van der Waals surface area contributed by atoms with Crippen molar-refractivity contribution in [3.05, 3.63) is 35.9 Å². The maximum atomic E-state index is 9.09. The molecule has 3 N–H and O–H groups in total. The fraction of sp³-hybridized carbons (Fsp3) is 0.462. The molecule has 0 aliphatic heterocycles. The first-order chi connectivity index (χ1) is 8.26. The summed E-state index contributed by atoms with van der Waals surface area (Å²) in [6.45, 7) is 4.82. The SMILES string of the molecule is CC(CN(C#N)Cc1ccccc1)NCCN.S. The summed E-state index contributed by atoms with van der Waals surface area (Å²) in [5.74, 6) is 0. The molecule has 1 aromatic carbocycles. The number of nitrogens with one attached hydrogen (secondary N) is 1. The summed E-state index contributed by atoms with van der Waals surface area (Å²) in [7, 11) is 0. The molecule has 0 radical (unpaired) electrons. The van der Waals surface area contributed by atoms with E-state index in [4.69, 9.17) is 11.0 Å². The lowest BCUT2D eigenvalue weighted by Gasteiger charge is -2.21. The highest BCUT2D eigenvalue weighted by atomic mass is 32.1. The van der Waals surface area contributed by atoms with Gasteiger partial charge in [0.05, 0.1) is 6.54 Å². The van der Waals surface area contributed by atoms with E-state index in [0.29, 0.717) is 19.6 Å². The van der Waals surface area contributed by atoms with Crippen LogP contribution in [0, 0.1) is 11.5 Å². The number of hydrogen-bond donors (Lipinski definition) is 2. The highest BCUT2D eigenvalue weighted by molar-refractivity contribution is 7.59. The lowest BCUT2D eigenvalue weighted by Crippen LogP contribution is -2.39. The summed E-state index contributed by atoms with van der Waals surface area (Å²) in [6, 6.07) is 10.3. The van der Waals surface area contributed by atoms with Gasteiger partial charge in [0.2, 0.25) is 0 Å². The first kappa shape index (κ1) is 16.8. The molecule has 0 amide bonds. The Kier molecular flexibility index (Phi) is 9.11. The molecule has 0 heterocycles. The third-order valence-electron chi connectivity index (χ3n) is 2.49. The number of hydrogen-bond acceptors (Lipinski definition) is 4. The van der Waals surface area contributed by atoms with Crippen molar-refractivity contribution in [1.82, 2.24) is 10.2 Å². The van der Waals surface area contributed by atoms with Crippen LogP contribution in [0.1, 0.15) is 12.5 Å². The minimum Gasteiger partial charge on any atom is -0.329 e. The predicted octanol–water partition coefficient (Wildman–Crippen LogP) is 1.02. The molecule has 0 aliphatic rings. The van der Waals surface area contributed by atoms with E-state index in [-0.39, 0.29) is 19.5 Å². The number of benzene rings is 1. The molecule has 0 spiro atoms. The van der Waals surface area contributed by atoms with Gasteiger partial charge in [-0.3, -0.25) is 0 Å². The van der Waals surface area contributed by atoms with Crippen LogP contribution in [0.25, 0.3) is 0 Å². The van der Waals surface area contributed by atoms with E-state index >= 15 is 0 Å². The standard InChI is InChI=1S/C13H20N4.H2S/c1-12(16-8-7-14)9-17(11-15)10-13-5-3-2-4-6-13;/h2-6,12,16H,7-10,14H2,1H3;1H2. The predicted molar refractivity (Wildman–Crippen MR) is 79.4 cm³/mol. The van der Waals surface area contributed by atoms with E-state index in [9.17, 15) is 0 Å². The molecule has 4 nitrogen and oxygen atoms in total. The largest absolute Gasteiger partial charge is 0.329 e. The van der Waals surface area contributed by atoms with Crippen LogP contribution in [0.4, 0.5) is 0 Å². The van der Waals surface area contributed by atoms with Crippen molar-refractivity contribution in [1.29, 1.82) is 5.26 Å². The van der Waals surface area contributed by atoms with Crippen LogP contribution in [0.15, 0.2) is 30.3 Å². The van der Waals surface area contributed by atoms with Gasteiger partial charge in [-0.1, -0.05) is 30.3 Å². The molecule has 1 unspecified atom stereocenters. The molecular formula is C13H22N4S. The Balaban J connectivity index is 0.00000289. The third kappa shape index (κ3) is 6.50. The molecule has 1 rings (SSSR count). The minimum absolute atomic E-state index is 0. The lowest BCUT2D eigenvalue weighted by molar-refractivity contribution is 0.337. The zero-order chi connectivity index (χ0) is 12.5. The normalized spacial score (nSPS) is 11.2. The molecule has 0 saturated carbocycles. The first-order valence-electron chi connectivity index (χ1n) is 5.88. The van der Waals surface area contributed by atoms with Gasteiger partial charge in [-0.15, -0.1) is 0 Å². The Hall–Kier alpha value is -1.22. The average molecular weight is 266 g/mol. The second-order valence-electron chi connectivity index (χ2n) is 4.11. The molecular weight excluding hydrogens is 244 g/mol. The summed E-state index contributed by atoms with van der Waals surface area (Å²) < 4.78 is 0. The van der Waals surface area contributed by atoms with Crippen molar-refractivity contribution in [3.8, 4) is 6.19 Å². The van der Waals surface area contributed by atoms with Crippen molar-refractivity contribution < 1.29 is 0 Å². The van der Waals surface area contributed by atoms with Crippen LogP contribution in [-0.2, 0) is 6.54 Å². The van der Waals surface area contributed by atoms with E-state index in [1.165, 1.54) is 0 Å². The molecule has 1 aromatic rings. The third-order valence-corrected chi connectivity index (χ3v) is 2.49. The maximum Gasteiger partial charge on any atom is 0.179 e. The van der Waals surface area contributed by atoms with Crippen LogP contribution in [-0.4, -0.2) is 30.6 Å². The topological polar surface area (TPSA) is 65.1 Å². The highest BCUT2D eigenvalue weighted by Crippen LogP contribution is 2.03. The average Bonchev–Trinajstić information content (AvgIpc) is 2.36. The summed E-state index contributed by atoms with van der Waals surface area (Å²) in [4.78, 5) is 1.75. The molecule has 0 fully saturated rings. The van der Waals surface area contributed by atoms with E-state index in [1.807, 2.05) is 30.3 Å². The van der Waals surface area contributed by atoms with Crippen LogP contribution in [0.3, 0.4) is 0 Å². The molecule has 0 aromatic heterocycles. The summed E-state index contributed by atoms with van der Waals surface area (Å²) in [6.07, 6.45) is 2.22. The fourth-order valence-electron chi connectivity index (χ4n) is 1.67. The monoisotopic (exact) mass is 266 g/mol. The molecule has 0 aliphatic carbocycles. The van der Waals surface area contributed by atoms with E-state index in [2.05, 4.69) is 18.4 Å². The minimum atomic E-state index is 0. The maximum absolute atomic E-state index is 9.09. The van der Waals surface area contributed by atoms with E-state index in [1.54, 1.807) is 4.90 Å². The number of nitrogens with zero attached hydrogens (tertiary/aromatic N) is 2.